The van der Waals surface area contributed by atoms with Crippen molar-refractivity contribution in [2.24, 2.45) is 5.92 Å². The van der Waals surface area contributed by atoms with Crippen LogP contribution in [0.5, 0.6) is 0 Å². The maximum atomic E-state index is 12.3. The van der Waals surface area contributed by atoms with Gasteiger partial charge in [0.05, 0.1) is 11.7 Å². The van der Waals surface area contributed by atoms with Crippen molar-refractivity contribution in [2.75, 3.05) is 0 Å². The van der Waals surface area contributed by atoms with Crippen molar-refractivity contribution < 1.29 is 4.79 Å². The van der Waals surface area contributed by atoms with Crippen LogP contribution in [0.15, 0.2) is 23.0 Å². The normalized spacial score (nSPS) is 26.5. The molecule has 1 amide bonds. The number of hydrogen-bond acceptors (Lipinski definition) is 3. The first-order valence-electron chi connectivity index (χ1n) is 9.27. The Morgan fingerprint density at radius 1 is 1.12 bits per heavy atom. The summed E-state index contributed by atoms with van der Waals surface area (Å²) in [5, 5.41) is 7.84. The molecule has 0 bridgehead atoms. The van der Waals surface area contributed by atoms with E-state index in [1.165, 1.54) is 0 Å². The van der Waals surface area contributed by atoms with E-state index in [2.05, 4.69) is 22.6 Å². The minimum absolute atomic E-state index is 0.0418. The van der Waals surface area contributed by atoms with Crippen LogP contribution in [0.25, 0.3) is 0 Å². The molecule has 0 atom stereocenters. The molecule has 1 N–H and O–H groups in total. The molecule has 5 nitrogen and oxygen atoms in total. The lowest BCUT2D eigenvalue weighted by Crippen LogP contribution is -2.41. The van der Waals surface area contributed by atoms with E-state index < -0.39 is 0 Å². The van der Waals surface area contributed by atoms with Gasteiger partial charge in [-0.05, 0) is 63.4 Å². The second-order valence-electron chi connectivity index (χ2n) is 7.41. The Kier molecular flexibility index (Phi) is 4.25. The Labute approximate surface area is 142 Å². The zero-order valence-corrected chi connectivity index (χ0v) is 14.0. The van der Waals surface area contributed by atoms with Gasteiger partial charge in [-0.3, -0.25) is 9.59 Å². The van der Waals surface area contributed by atoms with E-state index >= 15 is 0 Å². The van der Waals surface area contributed by atoms with E-state index in [0.717, 1.165) is 69.0 Å². The van der Waals surface area contributed by atoms with Crippen LogP contribution in [0.2, 0.25) is 0 Å². The summed E-state index contributed by atoms with van der Waals surface area (Å²) in [6, 6.07) is 2.22. The summed E-state index contributed by atoms with van der Waals surface area (Å²) in [6.45, 7) is 0. The Hall–Kier alpha value is -1.91. The van der Waals surface area contributed by atoms with Crippen LogP contribution in [0.4, 0.5) is 0 Å². The fourth-order valence-corrected chi connectivity index (χ4v) is 4.29. The molecule has 1 aromatic heterocycles. The lowest BCUT2D eigenvalue weighted by molar-refractivity contribution is -0.125. The molecule has 3 aliphatic rings. The number of allylic oxidation sites excluding steroid dienone is 2. The Morgan fingerprint density at radius 2 is 1.88 bits per heavy atom. The molecule has 0 aliphatic heterocycles. The van der Waals surface area contributed by atoms with Gasteiger partial charge in [-0.1, -0.05) is 12.2 Å². The number of hydrogen-bond donors (Lipinski definition) is 1. The quantitative estimate of drug-likeness (QED) is 0.867. The number of amides is 1. The number of fused-ring (bicyclic) bond motifs is 1. The highest BCUT2D eigenvalue weighted by Gasteiger charge is 2.28. The maximum Gasteiger partial charge on any atom is 0.267 e. The van der Waals surface area contributed by atoms with E-state index in [1.54, 1.807) is 10.7 Å². The van der Waals surface area contributed by atoms with Gasteiger partial charge in [0.15, 0.2) is 0 Å². The van der Waals surface area contributed by atoms with E-state index in [-0.39, 0.29) is 29.5 Å². The minimum Gasteiger partial charge on any atom is -0.353 e. The van der Waals surface area contributed by atoms with Gasteiger partial charge < -0.3 is 5.32 Å². The van der Waals surface area contributed by atoms with Crippen molar-refractivity contribution in [2.45, 2.75) is 69.9 Å². The summed E-state index contributed by atoms with van der Waals surface area (Å²) in [7, 11) is 0. The number of carbonyl (C=O) groups is 1. The van der Waals surface area contributed by atoms with E-state index in [0.29, 0.717) is 0 Å². The number of aryl methyl sites for hydroxylation is 2. The number of aromatic nitrogens is 2. The minimum atomic E-state index is 0.0418. The summed E-state index contributed by atoms with van der Waals surface area (Å²) >= 11 is 0. The second kappa shape index (κ2) is 6.54. The SMILES string of the molecule is O=C(NC1CCC(n2nc3c(cc2=O)CCC3)CC1)C1CC=CC1. The Morgan fingerprint density at radius 3 is 2.62 bits per heavy atom. The monoisotopic (exact) mass is 327 g/mol. The third-order valence-corrected chi connectivity index (χ3v) is 5.75. The largest absolute Gasteiger partial charge is 0.353 e. The number of carbonyl (C=O) groups excluding carboxylic acids is 1. The predicted molar refractivity (Wildman–Crippen MR) is 91.8 cm³/mol. The Bertz CT molecular complexity index is 706. The lowest BCUT2D eigenvalue weighted by atomic mass is 9.90. The zero-order valence-electron chi connectivity index (χ0n) is 14.0. The molecule has 0 unspecified atom stereocenters. The molecule has 0 aromatic carbocycles. The molecule has 0 radical (unpaired) electrons. The molecule has 4 rings (SSSR count). The van der Waals surface area contributed by atoms with E-state index in [4.69, 9.17) is 0 Å². The second-order valence-corrected chi connectivity index (χ2v) is 7.41. The van der Waals surface area contributed by atoms with Gasteiger partial charge in [0.25, 0.3) is 5.56 Å². The van der Waals surface area contributed by atoms with Crippen LogP contribution in [0, 0.1) is 5.92 Å². The Balaban J connectivity index is 1.36. The molecule has 1 fully saturated rings. The van der Waals surface area contributed by atoms with Gasteiger partial charge in [0.2, 0.25) is 5.91 Å². The summed E-state index contributed by atoms with van der Waals surface area (Å²) < 4.78 is 1.71. The predicted octanol–water partition coefficient (Wildman–Crippen LogP) is 2.30. The standard InChI is InChI=1S/C19H25N3O2/c23-18-12-14-6-3-7-17(14)21-22(18)16-10-8-15(9-11-16)20-19(24)13-4-1-2-5-13/h1-2,12-13,15-16H,3-11H2,(H,20,24). The summed E-state index contributed by atoms with van der Waals surface area (Å²) in [6.07, 6.45) is 12.7. The number of rotatable bonds is 3. The van der Waals surface area contributed by atoms with E-state index in [1.807, 2.05) is 0 Å². The first kappa shape index (κ1) is 15.6. The maximum absolute atomic E-state index is 12.3. The highest BCUT2D eigenvalue weighted by molar-refractivity contribution is 5.79. The first-order valence-corrected chi connectivity index (χ1v) is 9.27. The van der Waals surface area contributed by atoms with Crippen LogP contribution in [0.3, 0.4) is 0 Å². The molecule has 128 valence electrons. The van der Waals surface area contributed by atoms with Crippen molar-refractivity contribution >= 4 is 5.91 Å². The van der Waals surface area contributed by atoms with Crippen LogP contribution >= 0.6 is 0 Å². The van der Waals surface area contributed by atoms with Crippen molar-refractivity contribution in [3.05, 3.63) is 39.8 Å². The fourth-order valence-electron chi connectivity index (χ4n) is 4.29. The van der Waals surface area contributed by atoms with Crippen LogP contribution < -0.4 is 10.9 Å². The smallest absolute Gasteiger partial charge is 0.267 e. The number of nitrogens with zero attached hydrogens (tertiary/aromatic N) is 2. The van der Waals surface area contributed by atoms with Crippen molar-refractivity contribution in [3.63, 3.8) is 0 Å². The first-order chi connectivity index (χ1) is 11.7. The van der Waals surface area contributed by atoms with Crippen LogP contribution in [0.1, 0.15) is 62.2 Å². The topological polar surface area (TPSA) is 64.0 Å². The van der Waals surface area contributed by atoms with Crippen molar-refractivity contribution in [3.8, 4) is 0 Å². The molecular formula is C19H25N3O2. The highest BCUT2D eigenvalue weighted by Crippen LogP contribution is 2.28. The van der Waals surface area contributed by atoms with Gasteiger partial charge in [-0.2, -0.15) is 5.10 Å². The summed E-state index contributed by atoms with van der Waals surface area (Å²) in [4.78, 5) is 24.6. The van der Waals surface area contributed by atoms with E-state index in [9.17, 15) is 9.59 Å². The third-order valence-electron chi connectivity index (χ3n) is 5.75. The molecule has 3 aliphatic carbocycles. The molecule has 1 aromatic rings. The van der Waals surface area contributed by atoms with Gasteiger partial charge in [0, 0.05) is 18.0 Å². The molecule has 24 heavy (non-hydrogen) atoms. The van der Waals surface area contributed by atoms with Gasteiger partial charge in [-0.15, -0.1) is 0 Å². The molecule has 0 saturated heterocycles. The molecule has 5 heteroatoms. The van der Waals surface area contributed by atoms with Crippen molar-refractivity contribution in [1.82, 2.24) is 15.1 Å². The van der Waals surface area contributed by atoms with Crippen LogP contribution in [-0.2, 0) is 17.6 Å². The highest BCUT2D eigenvalue weighted by atomic mass is 16.2. The molecular weight excluding hydrogens is 302 g/mol. The molecule has 0 spiro atoms. The lowest BCUT2D eigenvalue weighted by Gasteiger charge is -2.30. The number of nitrogens with one attached hydrogen (secondary N) is 1. The summed E-state index contributed by atoms with van der Waals surface area (Å²) in [5.74, 6) is 0.319. The molecule has 1 saturated carbocycles. The summed E-state index contributed by atoms with van der Waals surface area (Å²) in [5.41, 5.74) is 2.29. The van der Waals surface area contributed by atoms with Gasteiger partial charge in [-0.25, -0.2) is 4.68 Å². The van der Waals surface area contributed by atoms with Gasteiger partial charge in [0.1, 0.15) is 0 Å². The third kappa shape index (κ3) is 3.04. The average Bonchev–Trinajstić information content (AvgIpc) is 3.26. The fraction of sp³-hybridized carbons (Fsp3) is 0.632. The van der Waals surface area contributed by atoms with Crippen molar-refractivity contribution in [1.29, 1.82) is 0 Å². The van der Waals surface area contributed by atoms with Crippen LogP contribution in [-0.4, -0.2) is 21.7 Å². The zero-order chi connectivity index (χ0) is 16.5. The molecule has 1 heterocycles. The van der Waals surface area contributed by atoms with Gasteiger partial charge >= 0.3 is 0 Å². The average molecular weight is 327 g/mol.